The first kappa shape index (κ1) is 16.8. The van der Waals surface area contributed by atoms with Crippen molar-refractivity contribution in [2.75, 3.05) is 5.32 Å². The fourth-order valence-corrected chi connectivity index (χ4v) is 2.65. The van der Waals surface area contributed by atoms with E-state index in [1.165, 1.54) is 0 Å². The third-order valence-electron chi connectivity index (χ3n) is 3.74. The van der Waals surface area contributed by atoms with Gasteiger partial charge >= 0.3 is 0 Å². The molecule has 0 unspecified atom stereocenters. The molecule has 1 aromatic carbocycles. The van der Waals surface area contributed by atoms with E-state index in [4.69, 9.17) is 0 Å². The zero-order valence-corrected chi connectivity index (χ0v) is 14.7. The van der Waals surface area contributed by atoms with Crippen molar-refractivity contribution in [2.45, 2.75) is 33.6 Å². The van der Waals surface area contributed by atoms with Gasteiger partial charge in [0, 0.05) is 23.9 Å². The molecule has 0 saturated carbocycles. The van der Waals surface area contributed by atoms with Gasteiger partial charge in [0.05, 0.1) is 5.69 Å². The molecule has 0 atom stereocenters. The van der Waals surface area contributed by atoms with Crippen molar-refractivity contribution in [3.63, 3.8) is 0 Å². The van der Waals surface area contributed by atoms with Gasteiger partial charge in [-0.3, -0.25) is 4.79 Å². The third-order valence-corrected chi connectivity index (χ3v) is 3.74. The first-order valence-electron chi connectivity index (χ1n) is 8.24. The highest BCUT2D eigenvalue weighted by Gasteiger charge is 2.13. The predicted octanol–water partition coefficient (Wildman–Crippen LogP) is 3.16. The van der Waals surface area contributed by atoms with Crippen LogP contribution in [0.4, 0.5) is 5.82 Å². The van der Waals surface area contributed by atoms with Crippen LogP contribution in [0.1, 0.15) is 29.1 Å². The van der Waals surface area contributed by atoms with Crippen molar-refractivity contribution in [3.05, 3.63) is 65.1 Å². The maximum Gasteiger partial charge on any atom is 0.252 e. The summed E-state index contributed by atoms with van der Waals surface area (Å²) in [5.74, 6) is 0.985. The number of hydrogen-bond donors (Lipinski definition) is 1. The van der Waals surface area contributed by atoms with Crippen LogP contribution in [0.15, 0.2) is 42.5 Å². The van der Waals surface area contributed by atoms with Crippen LogP contribution in [0, 0.1) is 20.8 Å². The summed E-state index contributed by atoms with van der Waals surface area (Å²) >= 11 is 0. The number of aromatic nitrogens is 4. The maximum absolute atomic E-state index is 12.3. The van der Waals surface area contributed by atoms with Crippen LogP contribution in [-0.4, -0.2) is 25.7 Å². The van der Waals surface area contributed by atoms with Crippen molar-refractivity contribution < 1.29 is 4.79 Å². The van der Waals surface area contributed by atoms with Gasteiger partial charge < -0.3 is 5.32 Å². The molecule has 0 saturated heterocycles. The van der Waals surface area contributed by atoms with E-state index < -0.39 is 0 Å². The number of hydrogen-bond acceptors (Lipinski definition) is 4. The zero-order chi connectivity index (χ0) is 17.8. The Morgan fingerprint density at radius 3 is 2.36 bits per heavy atom. The second kappa shape index (κ2) is 7.25. The second-order valence-electron chi connectivity index (χ2n) is 6.07. The smallest absolute Gasteiger partial charge is 0.252 e. The van der Waals surface area contributed by atoms with Crippen LogP contribution >= 0.6 is 0 Å². The first-order valence-corrected chi connectivity index (χ1v) is 8.24. The summed E-state index contributed by atoms with van der Waals surface area (Å²) in [4.78, 5) is 21.2. The molecule has 6 nitrogen and oxygen atoms in total. The normalized spacial score (nSPS) is 10.7. The van der Waals surface area contributed by atoms with Crippen LogP contribution in [0.5, 0.6) is 0 Å². The van der Waals surface area contributed by atoms with Crippen LogP contribution in [0.25, 0.3) is 5.95 Å². The number of carbonyl (C=O) groups is 1. The number of nitrogens with one attached hydrogen (secondary N) is 1. The molecule has 3 aromatic rings. The molecule has 3 rings (SSSR count). The number of amides is 1. The van der Waals surface area contributed by atoms with Crippen molar-refractivity contribution >= 4 is 11.7 Å². The van der Waals surface area contributed by atoms with E-state index in [0.717, 1.165) is 22.6 Å². The van der Waals surface area contributed by atoms with E-state index in [1.54, 1.807) is 4.68 Å². The number of nitrogens with zero attached hydrogens (tertiary/aromatic N) is 4. The first-order chi connectivity index (χ1) is 12.0. The molecule has 6 heteroatoms. The van der Waals surface area contributed by atoms with Crippen molar-refractivity contribution in [3.8, 4) is 5.95 Å². The molecule has 128 valence electrons. The minimum Gasteiger partial charge on any atom is -0.310 e. The van der Waals surface area contributed by atoms with Gasteiger partial charge in [-0.15, -0.1) is 0 Å². The Labute approximate surface area is 146 Å². The molecule has 25 heavy (non-hydrogen) atoms. The van der Waals surface area contributed by atoms with Crippen LogP contribution < -0.4 is 5.32 Å². The van der Waals surface area contributed by atoms with Gasteiger partial charge in [0.2, 0.25) is 5.91 Å². The zero-order valence-electron chi connectivity index (χ0n) is 14.7. The lowest BCUT2D eigenvalue weighted by Crippen LogP contribution is -2.16. The molecular formula is C19H21N5O. The molecule has 0 aliphatic heterocycles. The topological polar surface area (TPSA) is 72.7 Å². The summed E-state index contributed by atoms with van der Waals surface area (Å²) in [5.41, 5.74) is 3.65. The highest BCUT2D eigenvalue weighted by atomic mass is 16.1. The molecule has 0 bridgehead atoms. The molecule has 0 aliphatic rings. The van der Waals surface area contributed by atoms with Gasteiger partial charge in [0.15, 0.2) is 0 Å². The van der Waals surface area contributed by atoms with Crippen molar-refractivity contribution in [1.29, 1.82) is 0 Å². The summed E-state index contributed by atoms with van der Waals surface area (Å²) in [6.07, 6.45) is 1.10. The Balaban J connectivity index is 1.75. The Hall–Kier alpha value is -3.02. The van der Waals surface area contributed by atoms with Crippen molar-refractivity contribution in [1.82, 2.24) is 19.7 Å². The van der Waals surface area contributed by atoms with Crippen LogP contribution in [-0.2, 0) is 11.2 Å². The Bertz CT molecular complexity index is 866. The quantitative estimate of drug-likeness (QED) is 0.777. The van der Waals surface area contributed by atoms with Gasteiger partial charge in [-0.25, -0.2) is 9.97 Å². The number of rotatable bonds is 5. The average molecular weight is 335 g/mol. The highest BCUT2D eigenvalue weighted by Crippen LogP contribution is 2.16. The monoisotopic (exact) mass is 335 g/mol. The van der Waals surface area contributed by atoms with E-state index in [2.05, 4.69) is 20.4 Å². The minimum absolute atomic E-state index is 0.0608. The molecule has 2 aromatic heterocycles. The number of anilines is 1. The fraction of sp³-hybridized carbons (Fsp3) is 0.263. The average Bonchev–Trinajstić information content (AvgIpc) is 2.93. The Kier molecular flexibility index (Phi) is 4.88. The molecular weight excluding hydrogens is 314 g/mol. The SMILES string of the molecule is Cc1cc(C)nc(-n2nc(C)cc2NC(=O)CCc2ccccc2)n1. The lowest BCUT2D eigenvalue weighted by atomic mass is 10.1. The molecule has 0 aliphatic carbocycles. The maximum atomic E-state index is 12.3. The standard InChI is InChI=1S/C19H21N5O/c1-13-11-14(2)21-19(20-13)24-17(12-15(3)23-24)22-18(25)10-9-16-7-5-4-6-8-16/h4-8,11-12H,9-10H2,1-3H3,(H,22,25). The van der Waals surface area contributed by atoms with E-state index in [9.17, 15) is 4.79 Å². The highest BCUT2D eigenvalue weighted by molar-refractivity contribution is 5.90. The van der Waals surface area contributed by atoms with Gasteiger partial charge in [0.1, 0.15) is 5.82 Å². The van der Waals surface area contributed by atoms with Crippen LogP contribution in [0.2, 0.25) is 0 Å². The fourth-order valence-electron chi connectivity index (χ4n) is 2.65. The van der Waals surface area contributed by atoms with Gasteiger partial charge in [-0.05, 0) is 38.8 Å². The number of benzene rings is 1. The summed E-state index contributed by atoms with van der Waals surface area (Å²) in [6.45, 7) is 5.69. The third kappa shape index (κ3) is 4.29. The van der Waals surface area contributed by atoms with Gasteiger partial charge in [0.25, 0.3) is 5.95 Å². The second-order valence-corrected chi connectivity index (χ2v) is 6.07. The summed E-state index contributed by atoms with van der Waals surface area (Å²) < 4.78 is 1.58. The van der Waals surface area contributed by atoms with E-state index >= 15 is 0 Å². The predicted molar refractivity (Wildman–Crippen MR) is 96.8 cm³/mol. The van der Waals surface area contributed by atoms with E-state index in [1.807, 2.05) is 63.2 Å². The summed E-state index contributed by atoms with van der Waals surface area (Å²) in [7, 11) is 0. The number of aryl methyl sites for hydroxylation is 4. The summed E-state index contributed by atoms with van der Waals surface area (Å²) in [5, 5.41) is 7.33. The Morgan fingerprint density at radius 2 is 1.68 bits per heavy atom. The lowest BCUT2D eigenvalue weighted by molar-refractivity contribution is -0.116. The van der Waals surface area contributed by atoms with Gasteiger partial charge in [-0.2, -0.15) is 9.78 Å². The molecule has 2 heterocycles. The minimum atomic E-state index is -0.0608. The molecule has 1 N–H and O–H groups in total. The van der Waals surface area contributed by atoms with Crippen LogP contribution in [0.3, 0.4) is 0 Å². The van der Waals surface area contributed by atoms with E-state index in [0.29, 0.717) is 24.6 Å². The number of carbonyl (C=O) groups excluding carboxylic acids is 1. The summed E-state index contributed by atoms with van der Waals surface area (Å²) in [6, 6.07) is 13.7. The lowest BCUT2D eigenvalue weighted by Gasteiger charge is -2.09. The molecule has 0 spiro atoms. The van der Waals surface area contributed by atoms with E-state index in [-0.39, 0.29) is 5.91 Å². The van der Waals surface area contributed by atoms with Crippen molar-refractivity contribution in [2.24, 2.45) is 0 Å². The molecule has 0 fully saturated rings. The molecule has 1 amide bonds. The largest absolute Gasteiger partial charge is 0.310 e. The Morgan fingerprint density at radius 1 is 1.00 bits per heavy atom. The molecule has 0 radical (unpaired) electrons. The van der Waals surface area contributed by atoms with Gasteiger partial charge in [-0.1, -0.05) is 30.3 Å².